The summed E-state index contributed by atoms with van der Waals surface area (Å²) < 4.78 is 10.7. The van der Waals surface area contributed by atoms with E-state index in [1.165, 1.54) is 31.5 Å². The Balaban J connectivity index is 1.47. The molecule has 4 nitrogen and oxygen atoms in total. The van der Waals surface area contributed by atoms with Gasteiger partial charge in [0.05, 0.1) is 0 Å². The third-order valence-corrected chi connectivity index (χ3v) is 3.97. The fraction of sp³-hybridized carbons (Fsp3) is 0.600. The molecule has 0 spiro atoms. The van der Waals surface area contributed by atoms with Crippen LogP contribution in [-0.2, 0) is 6.54 Å². The third-order valence-electron chi connectivity index (χ3n) is 3.97. The van der Waals surface area contributed by atoms with Gasteiger partial charge in [-0.05, 0) is 50.6 Å². The molecule has 19 heavy (non-hydrogen) atoms. The summed E-state index contributed by atoms with van der Waals surface area (Å²) in [6.45, 7) is 7.08. The fourth-order valence-corrected chi connectivity index (χ4v) is 2.79. The standard InChI is InChI=1S/C15H22N2O2/c1-12(17-6-2-3-7-17)9-16-10-13-4-5-14-15(8-13)19-11-18-14/h4-5,8,12,16H,2-3,6-7,9-11H2,1H3. The quantitative estimate of drug-likeness (QED) is 0.880. The van der Waals surface area contributed by atoms with Crippen molar-refractivity contribution in [2.75, 3.05) is 26.4 Å². The van der Waals surface area contributed by atoms with E-state index in [-0.39, 0.29) is 0 Å². The van der Waals surface area contributed by atoms with Crippen LogP contribution in [0.3, 0.4) is 0 Å². The normalized spacial score (nSPS) is 19.8. The fourth-order valence-electron chi connectivity index (χ4n) is 2.79. The Labute approximate surface area is 114 Å². The smallest absolute Gasteiger partial charge is 0.231 e. The summed E-state index contributed by atoms with van der Waals surface area (Å²) >= 11 is 0. The zero-order valence-electron chi connectivity index (χ0n) is 11.5. The molecular formula is C15H22N2O2. The van der Waals surface area contributed by atoms with Crippen molar-refractivity contribution in [1.82, 2.24) is 10.2 Å². The van der Waals surface area contributed by atoms with Crippen LogP contribution < -0.4 is 14.8 Å². The molecule has 0 amide bonds. The lowest BCUT2D eigenvalue weighted by Gasteiger charge is -2.24. The number of likely N-dealkylation sites (tertiary alicyclic amines) is 1. The van der Waals surface area contributed by atoms with Gasteiger partial charge < -0.3 is 14.8 Å². The van der Waals surface area contributed by atoms with Gasteiger partial charge in [0.1, 0.15) is 0 Å². The van der Waals surface area contributed by atoms with Gasteiger partial charge in [-0.3, -0.25) is 4.90 Å². The topological polar surface area (TPSA) is 33.7 Å². The maximum atomic E-state index is 5.39. The lowest BCUT2D eigenvalue weighted by Crippen LogP contribution is -2.38. The molecule has 2 aliphatic rings. The Morgan fingerprint density at radius 3 is 2.84 bits per heavy atom. The van der Waals surface area contributed by atoms with Gasteiger partial charge in [0.25, 0.3) is 0 Å². The van der Waals surface area contributed by atoms with Crippen molar-refractivity contribution < 1.29 is 9.47 Å². The second kappa shape index (κ2) is 5.80. The number of fused-ring (bicyclic) bond motifs is 1. The monoisotopic (exact) mass is 262 g/mol. The summed E-state index contributed by atoms with van der Waals surface area (Å²) in [5.74, 6) is 1.72. The van der Waals surface area contributed by atoms with E-state index in [0.29, 0.717) is 12.8 Å². The first-order valence-corrected chi connectivity index (χ1v) is 7.16. The van der Waals surface area contributed by atoms with Crippen LogP contribution in [0.4, 0.5) is 0 Å². The molecule has 1 N–H and O–H groups in total. The van der Waals surface area contributed by atoms with Crippen LogP contribution in [0.25, 0.3) is 0 Å². The van der Waals surface area contributed by atoms with Crippen LogP contribution in [0.2, 0.25) is 0 Å². The first-order chi connectivity index (χ1) is 9.33. The Morgan fingerprint density at radius 2 is 2.00 bits per heavy atom. The number of rotatable bonds is 5. The van der Waals surface area contributed by atoms with Crippen LogP contribution in [0.15, 0.2) is 18.2 Å². The minimum Gasteiger partial charge on any atom is -0.454 e. The van der Waals surface area contributed by atoms with E-state index in [1.807, 2.05) is 6.07 Å². The predicted molar refractivity (Wildman–Crippen MR) is 74.5 cm³/mol. The van der Waals surface area contributed by atoms with Gasteiger partial charge in [0.15, 0.2) is 11.5 Å². The zero-order chi connectivity index (χ0) is 13.1. The van der Waals surface area contributed by atoms with Crippen molar-refractivity contribution >= 4 is 0 Å². The molecule has 0 aromatic heterocycles. The van der Waals surface area contributed by atoms with Crippen molar-refractivity contribution in [1.29, 1.82) is 0 Å². The summed E-state index contributed by atoms with van der Waals surface area (Å²) in [6, 6.07) is 6.77. The highest BCUT2D eigenvalue weighted by Crippen LogP contribution is 2.32. The molecule has 2 heterocycles. The molecule has 4 heteroatoms. The van der Waals surface area contributed by atoms with Crippen LogP contribution >= 0.6 is 0 Å². The highest BCUT2D eigenvalue weighted by molar-refractivity contribution is 5.44. The molecule has 3 rings (SSSR count). The van der Waals surface area contributed by atoms with Gasteiger partial charge in [-0.2, -0.15) is 0 Å². The highest BCUT2D eigenvalue weighted by Gasteiger charge is 2.17. The number of ether oxygens (including phenoxy) is 2. The van der Waals surface area contributed by atoms with Crippen LogP contribution in [-0.4, -0.2) is 37.4 Å². The Hall–Kier alpha value is -1.26. The van der Waals surface area contributed by atoms with Crippen LogP contribution in [0.1, 0.15) is 25.3 Å². The molecular weight excluding hydrogens is 240 g/mol. The maximum absolute atomic E-state index is 5.39. The van der Waals surface area contributed by atoms with Gasteiger partial charge in [-0.25, -0.2) is 0 Å². The van der Waals surface area contributed by atoms with Gasteiger partial charge in [0, 0.05) is 19.1 Å². The molecule has 0 saturated carbocycles. The van der Waals surface area contributed by atoms with Gasteiger partial charge in [-0.15, -0.1) is 0 Å². The summed E-state index contributed by atoms with van der Waals surface area (Å²) in [4.78, 5) is 2.56. The van der Waals surface area contributed by atoms with Crippen molar-refractivity contribution in [2.45, 2.75) is 32.4 Å². The molecule has 1 saturated heterocycles. The van der Waals surface area contributed by atoms with E-state index >= 15 is 0 Å². The number of hydrogen-bond acceptors (Lipinski definition) is 4. The second-order valence-corrected chi connectivity index (χ2v) is 5.41. The van der Waals surface area contributed by atoms with Gasteiger partial charge in [-0.1, -0.05) is 6.07 Å². The molecule has 0 bridgehead atoms. The van der Waals surface area contributed by atoms with E-state index in [0.717, 1.165) is 24.6 Å². The molecule has 1 unspecified atom stereocenters. The van der Waals surface area contributed by atoms with E-state index in [2.05, 4.69) is 29.3 Å². The Bertz CT molecular complexity index is 430. The molecule has 1 aromatic carbocycles. The molecule has 0 radical (unpaired) electrons. The minimum atomic E-state index is 0.345. The summed E-state index contributed by atoms with van der Waals surface area (Å²) in [5, 5.41) is 3.53. The van der Waals surface area contributed by atoms with E-state index in [9.17, 15) is 0 Å². The zero-order valence-corrected chi connectivity index (χ0v) is 11.5. The second-order valence-electron chi connectivity index (χ2n) is 5.41. The van der Waals surface area contributed by atoms with Crippen molar-refractivity contribution in [3.63, 3.8) is 0 Å². The predicted octanol–water partition coefficient (Wildman–Crippen LogP) is 1.99. The highest BCUT2D eigenvalue weighted by atomic mass is 16.7. The average Bonchev–Trinajstić information content (AvgIpc) is 3.09. The van der Waals surface area contributed by atoms with Crippen LogP contribution in [0.5, 0.6) is 11.5 Å². The minimum absolute atomic E-state index is 0.345. The van der Waals surface area contributed by atoms with Crippen LogP contribution in [0, 0.1) is 0 Å². The van der Waals surface area contributed by atoms with E-state index < -0.39 is 0 Å². The van der Waals surface area contributed by atoms with Gasteiger partial charge >= 0.3 is 0 Å². The van der Waals surface area contributed by atoms with Crippen molar-refractivity contribution in [3.8, 4) is 11.5 Å². The lowest BCUT2D eigenvalue weighted by atomic mass is 10.2. The van der Waals surface area contributed by atoms with Crippen molar-refractivity contribution in [3.05, 3.63) is 23.8 Å². The Morgan fingerprint density at radius 1 is 1.21 bits per heavy atom. The molecule has 1 aromatic rings. The SMILES string of the molecule is CC(CNCc1ccc2c(c1)OCO2)N1CCCC1. The van der Waals surface area contributed by atoms with E-state index in [4.69, 9.17) is 9.47 Å². The summed E-state index contributed by atoms with van der Waals surface area (Å²) in [5.41, 5.74) is 1.25. The van der Waals surface area contributed by atoms with Crippen molar-refractivity contribution in [2.24, 2.45) is 0 Å². The first-order valence-electron chi connectivity index (χ1n) is 7.16. The number of nitrogens with one attached hydrogen (secondary N) is 1. The third kappa shape index (κ3) is 3.01. The molecule has 104 valence electrons. The Kier molecular flexibility index (Phi) is 3.89. The lowest BCUT2D eigenvalue weighted by molar-refractivity contribution is 0.174. The summed E-state index contributed by atoms with van der Waals surface area (Å²) in [6.07, 6.45) is 2.71. The average molecular weight is 262 g/mol. The van der Waals surface area contributed by atoms with Gasteiger partial charge in [0.2, 0.25) is 6.79 Å². The number of nitrogens with zero attached hydrogens (tertiary/aromatic N) is 1. The molecule has 2 aliphatic heterocycles. The first kappa shape index (κ1) is 12.8. The molecule has 0 aliphatic carbocycles. The van der Waals surface area contributed by atoms with E-state index in [1.54, 1.807) is 0 Å². The largest absolute Gasteiger partial charge is 0.454 e. The summed E-state index contributed by atoms with van der Waals surface area (Å²) in [7, 11) is 0. The number of hydrogen-bond donors (Lipinski definition) is 1. The number of benzene rings is 1. The molecule has 1 atom stereocenters. The maximum Gasteiger partial charge on any atom is 0.231 e. The molecule has 1 fully saturated rings.